The summed E-state index contributed by atoms with van der Waals surface area (Å²) >= 11 is 0. The van der Waals surface area contributed by atoms with Crippen molar-refractivity contribution in [2.24, 2.45) is 0 Å². The Bertz CT molecular complexity index is 1160. The molecule has 0 radical (unpaired) electrons. The van der Waals surface area contributed by atoms with Crippen molar-refractivity contribution in [1.29, 1.82) is 0 Å². The molecule has 0 spiro atoms. The van der Waals surface area contributed by atoms with Crippen LogP contribution >= 0.6 is 0 Å². The van der Waals surface area contributed by atoms with Crippen LogP contribution in [0.1, 0.15) is 35.2 Å². The first kappa shape index (κ1) is 25.6. The summed E-state index contributed by atoms with van der Waals surface area (Å²) in [6.45, 7) is 4.79. The lowest BCUT2D eigenvalue weighted by molar-refractivity contribution is 0.102. The molecule has 1 saturated heterocycles. The molecule has 2 aromatic rings. The van der Waals surface area contributed by atoms with E-state index in [0.717, 1.165) is 24.8 Å². The Morgan fingerprint density at radius 1 is 1.12 bits per heavy atom. The van der Waals surface area contributed by atoms with Crippen molar-refractivity contribution in [2.75, 3.05) is 51.6 Å². The van der Waals surface area contributed by atoms with E-state index in [4.69, 9.17) is 9.47 Å². The number of rotatable bonds is 9. The van der Waals surface area contributed by atoms with E-state index in [2.05, 4.69) is 11.9 Å². The van der Waals surface area contributed by atoms with Gasteiger partial charge < -0.3 is 19.7 Å². The first-order chi connectivity index (χ1) is 16.2. The summed E-state index contributed by atoms with van der Waals surface area (Å²) in [7, 11) is 3.08. The molecule has 1 aliphatic rings. The third-order valence-electron chi connectivity index (χ3n) is 5.83. The van der Waals surface area contributed by atoms with Gasteiger partial charge in [-0.25, -0.2) is 8.42 Å². The molecule has 184 valence electrons. The molecule has 0 atom stereocenters. The first-order valence-electron chi connectivity index (χ1n) is 11.2. The number of benzene rings is 2. The second kappa shape index (κ2) is 10.9. The highest BCUT2D eigenvalue weighted by Crippen LogP contribution is 2.35. The third-order valence-corrected chi connectivity index (χ3v) is 7.73. The van der Waals surface area contributed by atoms with Gasteiger partial charge in [0.05, 0.1) is 30.5 Å². The van der Waals surface area contributed by atoms with Crippen LogP contribution in [0.15, 0.2) is 47.9 Å². The van der Waals surface area contributed by atoms with E-state index in [1.807, 2.05) is 19.0 Å². The lowest BCUT2D eigenvalue weighted by Crippen LogP contribution is -2.35. The summed E-state index contributed by atoms with van der Waals surface area (Å²) in [5.41, 5.74) is 2.23. The normalized spacial score (nSPS) is 14.4. The zero-order valence-electron chi connectivity index (χ0n) is 20.3. The Balaban J connectivity index is 1.99. The fourth-order valence-electron chi connectivity index (χ4n) is 4.10. The fraction of sp³-hybridized carbons (Fsp3) is 0.400. The minimum atomic E-state index is -3.65. The van der Waals surface area contributed by atoms with Gasteiger partial charge in [0, 0.05) is 38.3 Å². The highest BCUT2D eigenvalue weighted by atomic mass is 32.2. The third kappa shape index (κ3) is 5.37. The molecule has 1 amide bonds. The van der Waals surface area contributed by atoms with Gasteiger partial charge in [-0.1, -0.05) is 12.5 Å². The van der Waals surface area contributed by atoms with Gasteiger partial charge in [0.25, 0.3) is 5.91 Å². The van der Waals surface area contributed by atoms with E-state index in [0.29, 0.717) is 47.9 Å². The van der Waals surface area contributed by atoms with Crippen molar-refractivity contribution in [1.82, 2.24) is 4.31 Å². The fourth-order valence-corrected chi connectivity index (χ4v) is 5.64. The number of anilines is 2. The molecule has 1 fully saturated rings. The predicted molar refractivity (Wildman–Crippen MR) is 135 cm³/mol. The van der Waals surface area contributed by atoms with Crippen LogP contribution < -0.4 is 19.7 Å². The highest BCUT2D eigenvalue weighted by molar-refractivity contribution is 7.89. The summed E-state index contributed by atoms with van der Waals surface area (Å²) in [5, 5.41) is 2.90. The Morgan fingerprint density at radius 2 is 1.82 bits per heavy atom. The molecule has 2 aromatic carbocycles. The number of allylic oxidation sites excluding steroid dienone is 1. The second-order valence-corrected chi connectivity index (χ2v) is 10.3. The number of sulfonamides is 1. The van der Waals surface area contributed by atoms with E-state index in [-0.39, 0.29) is 10.8 Å². The maximum Gasteiger partial charge on any atom is 0.255 e. The standard InChI is InChI=1S/C25H33N3O5S/c1-6-10-18-15-19(16-23(32-4)24(18)33-5)25(29)26-21-17-20(11-12-22(21)27(2)3)34(30,31)28-13-8-7-9-14-28/h6,11-12,15-17H,1,7-10,13-14H2,2-5H3,(H,26,29). The molecule has 1 N–H and O–H groups in total. The molecule has 0 aliphatic carbocycles. The lowest BCUT2D eigenvalue weighted by Gasteiger charge is -2.26. The maximum atomic E-state index is 13.3. The molecule has 9 heteroatoms. The molecule has 1 aliphatic heterocycles. The molecule has 0 aromatic heterocycles. The lowest BCUT2D eigenvalue weighted by atomic mass is 10.0. The van der Waals surface area contributed by atoms with Crippen molar-refractivity contribution in [3.63, 3.8) is 0 Å². The van der Waals surface area contributed by atoms with Gasteiger partial charge in [0.2, 0.25) is 10.0 Å². The van der Waals surface area contributed by atoms with Crippen LogP contribution in [0.2, 0.25) is 0 Å². The van der Waals surface area contributed by atoms with E-state index in [1.54, 1.807) is 37.5 Å². The Labute approximate surface area is 202 Å². The molecular weight excluding hydrogens is 454 g/mol. The van der Waals surface area contributed by atoms with Gasteiger partial charge >= 0.3 is 0 Å². The summed E-state index contributed by atoms with van der Waals surface area (Å²) < 4.78 is 38.8. The molecule has 0 bridgehead atoms. The van der Waals surface area contributed by atoms with Crippen molar-refractivity contribution < 1.29 is 22.7 Å². The van der Waals surface area contributed by atoms with Crippen molar-refractivity contribution in [2.45, 2.75) is 30.6 Å². The van der Waals surface area contributed by atoms with E-state index in [1.165, 1.54) is 17.5 Å². The number of hydrogen-bond donors (Lipinski definition) is 1. The number of hydrogen-bond acceptors (Lipinski definition) is 6. The highest BCUT2D eigenvalue weighted by Gasteiger charge is 2.27. The Hall–Kier alpha value is -3.04. The van der Waals surface area contributed by atoms with Gasteiger partial charge in [-0.15, -0.1) is 6.58 Å². The van der Waals surface area contributed by atoms with E-state index in [9.17, 15) is 13.2 Å². The molecule has 34 heavy (non-hydrogen) atoms. The summed E-state index contributed by atoms with van der Waals surface area (Å²) in [6.07, 6.45) is 4.95. The predicted octanol–water partition coefficient (Wildman–Crippen LogP) is 3.93. The first-order valence-corrected chi connectivity index (χ1v) is 12.7. The van der Waals surface area contributed by atoms with Gasteiger partial charge in [-0.05, 0) is 49.6 Å². The van der Waals surface area contributed by atoms with Crippen LogP contribution in [0.25, 0.3) is 0 Å². The number of nitrogens with one attached hydrogen (secondary N) is 1. The quantitative estimate of drug-likeness (QED) is 0.540. The minimum absolute atomic E-state index is 0.162. The summed E-state index contributed by atoms with van der Waals surface area (Å²) in [6, 6.07) is 8.16. The van der Waals surface area contributed by atoms with Crippen molar-refractivity contribution in [3.8, 4) is 11.5 Å². The molecular formula is C25H33N3O5S. The van der Waals surface area contributed by atoms with Crippen LogP contribution in [0, 0.1) is 0 Å². The zero-order chi connectivity index (χ0) is 24.9. The molecule has 0 unspecified atom stereocenters. The van der Waals surface area contributed by atoms with Crippen LogP contribution in [-0.2, 0) is 16.4 Å². The number of amides is 1. The topological polar surface area (TPSA) is 88.2 Å². The molecule has 0 saturated carbocycles. The summed E-state index contributed by atoms with van der Waals surface area (Å²) in [5.74, 6) is 0.589. The number of carbonyl (C=O) groups is 1. The molecule has 8 nitrogen and oxygen atoms in total. The van der Waals surface area contributed by atoms with Crippen LogP contribution in [0.4, 0.5) is 11.4 Å². The number of piperidine rings is 1. The van der Waals surface area contributed by atoms with Crippen molar-refractivity contribution in [3.05, 3.63) is 54.1 Å². The maximum absolute atomic E-state index is 13.3. The minimum Gasteiger partial charge on any atom is -0.493 e. The Morgan fingerprint density at radius 3 is 2.41 bits per heavy atom. The van der Waals surface area contributed by atoms with Crippen molar-refractivity contribution >= 4 is 27.3 Å². The number of nitrogens with zero attached hydrogens (tertiary/aromatic N) is 2. The van der Waals surface area contributed by atoms with Crippen LogP contribution in [-0.4, -0.2) is 60.0 Å². The average Bonchev–Trinajstić information content (AvgIpc) is 2.83. The number of methoxy groups -OCH3 is 2. The number of ether oxygens (including phenoxy) is 2. The summed E-state index contributed by atoms with van der Waals surface area (Å²) in [4.78, 5) is 15.3. The SMILES string of the molecule is C=CCc1cc(C(=O)Nc2cc(S(=O)(=O)N3CCCCC3)ccc2N(C)C)cc(OC)c1OC. The monoisotopic (exact) mass is 487 g/mol. The average molecular weight is 488 g/mol. The van der Waals surface area contributed by atoms with E-state index >= 15 is 0 Å². The van der Waals surface area contributed by atoms with E-state index < -0.39 is 10.0 Å². The number of carbonyl (C=O) groups excluding carboxylic acids is 1. The largest absolute Gasteiger partial charge is 0.493 e. The van der Waals surface area contributed by atoms with Gasteiger partial charge in [-0.3, -0.25) is 4.79 Å². The second-order valence-electron chi connectivity index (χ2n) is 8.36. The van der Waals surface area contributed by atoms with Gasteiger partial charge in [0.1, 0.15) is 0 Å². The van der Waals surface area contributed by atoms with Gasteiger partial charge in [-0.2, -0.15) is 4.31 Å². The Kier molecular flexibility index (Phi) is 8.22. The molecule has 3 rings (SSSR count). The zero-order valence-corrected chi connectivity index (χ0v) is 21.1. The van der Waals surface area contributed by atoms with Crippen LogP contribution in [0.3, 0.4) is 0 Å². The van der Waals surface area contributed by atoms with Crippen LogP contribution in [0.5, 0.6) is 11.5 Å². The molecule has 1 heterocycles. The smallest absolute Gasteiger partial charge is 0.255 e. The van der Waals surface area contributed by atoms with Gasteiger partial charge in [0.15, 0.2) is 11.5 Å².